The predicted molar refractivity (Wildman–Crippen MR) is 41.4 cm³/mol. The first-order valence-corrected chi connectivity index (χ1v) is 3.39. The molecule has 4 heteroatoms. The van der Waals surface area contributed by atoms with Gasteiger partial charge in [0.1, 0.15) is 6.34 Å². The van der Waals surface area contributed by atoms with E-state index >= 15 is 0 Å². The third kappa shape index (κ3) is 0.986. The summed E-state index contributed by atoms with van der Waals surface area (Å²) in [4.78, 5) is 1.69. The molecule has 1 N–H and O–H groups in total. The summed E-state index contributed by atoms with van der Waals surface area (Å²) in [6, 6.07) is 0. The van der Waals surface area contributed by atoms with Crippen LogP contribution >= 0.6 is 12.6 Å². The summed E-state index contributed by atoms with van der Waals surface area (Å²) in [6.07, 6.45) is 2.66. The first kappa shape index (κ1) is 6.74. The molecule has 0 aliphatic carbocycles. The molecule has 1 aliphatic heterocycles. The average molecular weight is 145 g/mol. The van der Waals surface area contributed by atoms with Gasteiger partial charge in [0, 0.05) is 7.05 Å². The lowest BCUT2D eigenvalue weighted by atomic mass is 10.3. The number of nitrogens with zero attached hydrogens (tertiary/aromatic N) is 2. The highest BCUT2D eigenvalue weighted by atomic mass is 32.1. The molecule has 1 rings (SSSR count). The van der Waals surface area contributed by atoms with Crippen LogP contribution in [0.25, 0.3) is 0 Å². The van der Waals surface area contributed by atoms with E-state index in [2.05, 4.69) is 30.1 Å². The number of hydrogen-bond donors (Lipinski definition) is 2. The zero-order valence-corrected chi connectivity index (χ0v) is 6.52. The number of rotatable bonds is 1. The molecular formula is C5H11N3S. The van der Waals surface area contributed by atoms with E-state index in [0.717, 1.165) is 6.42 Å². The second-order valence-electron chi connectivity index (χ2n) is 2.14. The van der Waals surface area contributed by atoms with Gasteiger partial charge in [-0.25, -0.2) is 0 Å². The minimum atomic E-state index is -0.250. The molecule has 1 unspecified atom stereocenters. The van der Waals surface area contributed by atoms with Crippen molar-refractivity contribution in [3.8, 4) is 0 Å². The van der Waals surface area contributed by atoms with Crippen molar-refractivity contribution in [2.75, 3.05) is 7.05 Å². The molecule has 0 spiro atoms. The van der Waals surface area contributed by atoms with Gasteiger partial charge in [-0.1, -0.05) is 6.92 Å². The molecule has 1 atom stereocenters. The van der Waals surface area contributed by atoms with Gasteiger partial charge in [-0.05, 0) is 6.42 Å². The van der Waals surface area contributed by atoms with Gasteiger partial charge in [0.2, 0.25) is 0 Å². The molecule has 0 fully saturated rings. The largest absolute Gasteiger partial charge is 0.332 e. The van der Waals surface area contributed by atoms with Crippen LogP contribution in [0.15, 0.2) is 5.10 Å². The van der Waals surface area contributed by atoms with Gasteiger partial charge in [0.25, 0.3) is 0 Å². The molecule has 0 saturated heterocycles. The minimum Gasteiger partial charge on any atom is -0.332 e. The third-order valence-electron chi connectivity index (χ3n) is 1.55. The van der Waals surface area contributed by atoms with Crippen LogP contribution in [0.4, 0.5) is 0 Å². The summed E-state index contributed by atoms with van der Waals surface area (Å²) < 4.78 is 0. The van der Waals surface area contributed by atoms with Crippen LogP contribution in [-0.4, -0.2) is 23.3 Å². The number of hydrazone groups is 1. The van der Waals surface area contributed by atoms with Crippen molar-refractivity contribution < 1.29 is 0 Å². The summed E-state index contributed by atoms with van der Waals surface area (Å²) in [7, 11) is 1.94. The van der Waals surface area contributed by atoms with Crippen LogP contribution in [0.1, 0.15) is 13.3 Å². The first-order valence-electron chi connectivity index (χ1n) is 2.95. The molecule has 0 amide bonds. The Labute approximate surface area is 60.5 Å². The van der Waals surface area contributed by atoms with Crippen LogP contribution < -0.4 is 5.43 Å². The Morgan fingerprint density at radius 2 is 2.56 bits per heavy atom. The number of nitrogens with one attached hydrogen (secondary N) is 1. The predicted octanol–water partition coefficient (Wildman–Crippen LogP) is 0.458. The molecule has 9 heavy (non-hydrogen) atoms. The van der Waals surface area contributed by atoms with Crippen molar-refractivity contribution in [2.24, 2.45) is 5.10 Å². The number of hydrogen-bond acceptors (Lipinski definition) is 4. The fourth-order valence-corrected chi connectivity index (χ4v) is 0.831. The monoisotopic (exact) mass is 145 g/mol. The van der Waals surface area contributed by atoms with Gasteiger partial charge < -0.3 is 4.90 Å². The molecule has 0 bridgehead atoms. The van der Waals surface area contributed by atoms with E-state index < -0.39 is 0 Å². The van der Waals surface area contributed by atoms with Crippen LogP contribution in [-0.2, 0) is 0 Å². The van der Waals surface area contributed by atoms with Crippen molar-refractivity contribution in [2.45, 2.75) is 18.3 Å². The summed E-state index contributed by atoms with van der Waals surface area (Å²) in [5.41, 5.74) is 2.89. The van der Waals surface area contributed by atoms with Crippen LogP contribution in [0.2, 0.25) is 0 Å². The molecule has 0 radical (unpaired) electrons. The highest BCUT2D eigenvalue weighted by molar-refractivity contribution is 7.81. The van der Waals surface area contributed by atoms with E-state index in [9.17, 15) is 0 Å². The van der Waals surface area contributed by atoms with Gasteiger partial charge >= 0.3 is 0 Å². The highest BCUT2D eigenvalue weighted by Crippen LogP contribution is 2.20. The third-order valence-corrected chi connectivity index (χ3v) is 2.28. The molecule has 0 aromatic heterocycles. The Morgan fingerprint density at radius 3 is 2.78 bits per heavy atom. The van der Waals surface area contributed by atoms with Gasteiger partial charge in [-0.3, -0.25) is 5.43 Å². The molecule has 0 saturated carbocycles. The molecule has 0 aromatic rings. The van der Waals surface area contributed by atoms with Gasteiger partial charge in [0.15, 0.2) is 4.99 Å². The zero-order valence-electron chi connectivity index (χ0n) is 5.63. The lowest BCUT2D eigenvalue weighted by Crippen LogP contribution is -2.44. The molecule has 52 valence electrons. The summed E-state index contributed by atoms with van der Waals surface area (Å²) in [5, 5.41) is 3.86. The van der Waals surface area contributed by atoms with Crippen molar-refractivity contribution >= 4 is 19.0 Å². The zero-order chi connectivity index (χ0) is 6.91. The van der Waals surface area contributed by atoms with Gasteiger partial charge in [0.05, 0.1) is 0 Å². The van der Waals surface area contributed by atoms with Crippen LogP contribution in [0.3, 0.4) is 0 Å². The minimum absolute atomic E-state index is 0.250. The summed E-state index contributed by atoms with van der Waals surface area (Å²) >= 11 is 4.37. The van der Waals surface area contributed by atoms with Crippen LogP contribution in [0.5, 0.6) is 0 Å². The Balaban J connectivity index is 2.62. The number of thiol groups is 1. The van der Waals surface area contributed by atoms with E-state index in [1.165, 1.54) is 0 Å². The van der Waals surface area contributed by atoms with Crippen molar-refractivity contribution in [3.63, 3.8) is 0 Å². The molecule has 3 nitrogen and oxygen atoms in total. The molecule has 1 heterocycles. The van der Waals surface area contributed by atoms with E-state index in [-0.39, 0.29) is 4.99 Å². The lowest BCUT2D eigenvalue weighted by Gasteiger charge is -2.28. The SMILES string of the molecule is CCC1(S)NN=CN1C. The maximum absolute atomic E-state index is 4.37. The normalized spacial score (nSPS) is 33.0. The Kier molecular flexibility index (Phi) is 1.57. The highest BCUT2D eigenvalue weighted by Gasteiger charge is 2.29. The Morgan fingerprint density at radius 1 is 1.89 bits per heavy atom. The van der Waals surface area contributed by atoms with Crippen molar-refractivity contribution in [1.82, 2.24) is 10.3 Å². The fraction of sp³-hybridized carbons (Fsp3) is 0.800. The average Bonchev–Trinajstić information content (AvgIpc) is 2.15. The second kappa shape index (κ2) is 2.10. The van der Waals surface area contributed by atoms with Crippen LogP contribution in [0, 0.1) is 0 Å². The van der Waals surface area contributed by atoms with E-state index in [1.807, 2.05) is 11.9 Å². The molecular weight excluding hydrogens is 134 g/mol. The van der Waals surface area contributed by atoms with E-state index in [1.54, 1.807) is 6.34 Å². The smallest absolute Gasteiger partial charge is 0.171 e. The topological polar surface area (TPSA) is 27.6 Å². The quantitative estimate of drug-likeness (QED) is 0.524. The van der Waals surface area contributed by atoms with E-state index in [4.69, 9.17) is 0 Å². The Hall–Kier alpha value is -0.380. The van der Waals surface area contributed by atoms with Gasteiger partial charge in [-0.2, -0.15) is 5.10 Å². The fourth-order valence-electron chi connectivity index (χ4n) is 0.722. The summed E-state index contributed by atoms with van der Waals surface area (Å²) in [6.45, 7) is 2.06. The van der Waals surface area contributed by atoms with Crippen molar-refractivity contribution in [1.29, 1.82) is 0 Å². The first-order chi connectivity index (χ1) is 4.19. The maximum atomic E-state index is 4.37. The lowest BCUT2D eigenvalue weighted by molar-refractivity contribution is 0.303. The van der Waals surface area contributed by atoms with E-state index in [0.29, 0.717) is 0 Å². The second-order valence-corrected chi connectivity index (χ2v) is 2.88. The summed E-state index contributed by atoms with van der Waals surface area (Å²) in [5.74, 6) is 0. The maximum Gasteiger partial charge on any atom is 0.171 e. The molecule has 1 aliphatic rings. The molecule has 0 aromatic carbocycles. The van der Waals surface area contributed by atoms with Gasteiger partial charge in [-0.15, -0.1) is 12.6 Å². The Bertz CT molecular complexity index is 136. The standard InChI is InChI=1S/C5H11N3S/c1-3-5(9)7-6-4-8(5)2/h4,7,9H,3H2,1-2H3. The van der Waals surface area contributed by atoms with Crippen molar-refractivity contribution in [3.05, 3.63) is 0 Å².